The zero-order valence-corrected chi connectivity index (χ0v) is 34.6. The number of rotatable bonds is 39. The number of carbonyl (C=O) groups is 2. The third kappa shape index (κ3) is 39.5. The van der Waals surface area contributed by atoms with E-state index in [2.05, 4.69) is 56.4 Å². The molecule has 0 aliphatic heterocycles. The van der Waals surface area contributed by atoms with Crippen molar-refractivity contribution in [3.63, 3.8) is 0 Å². The van der Waals surface area contributed by atoms with Crippen LogP contribution >= 0.6 is 7.82 Å². The SMILES string of the molecule is CCCCC/C=C\C/C=C\C/C=C/C/C=C/CCCC(=O)O[C@H](COC(=O)CCCCCCCCCCCCCCCCC)COP(=O)(O)OCCN. The second kappa shape index (κ2) is 39.7. The van der Waals surface area contributed by atoms with Crippen molar-refractivity contribution in [2.24, 2.45) is 5.73 Å². The van der Waals surface area contributed by atoms with E-state index in [0.717, 1.165) is 38.5 Å². The molecule has 0 saturated heterocycles. The van der Waals surface area contributed by atoms with Crippen molar-refractivity contribution < 1.29 is 37.6 Å². The average molecular weight is 768 g/mol. The number of esters is 2. The molecule has 2 atom stereocenters. The number of phosphoric ester groups is 1. The van der Waals surface area contributed by atoms with E-state index >= 15 is 0 Å². The topological polar surface area (TPSA) is 134 Å². The fourth-order valence-electron chi connectivity index (χ4n) is 5.57. The lowest BCUT2D eigenvalue weighted by atomic mass is 10.0. The van der Waals surface area contributed by atoms with Gasteiger partial charge in [0.25, 0.3) is 0 Å². The number of unbranched alkanes of at least 4 members (excludes halogenated alkanes) is 18. The fourth-order valence-corrected chi connectivity index (χ4v) is 6.33. The van der Waals surface area contributed by atoms with E-state index in [4.69, 9.17) is 24.3 Å². The highest BCUT2D eigenvalue weighted by Gasteiger charge is 2.25. The highest BCUT2D eigenvalue weighted by atomic mass is 31.2. The van der Waals surface area contributed by atoms with Crippen molar-refractivity contribution in [2.75, 3.05) is 26.4 Å². The molecule has 53 heavy (non-hydrogen) atoms. The van der Waals surface area contributed by atoms with E-state index < -0.39 is 32.5 Å². The average Bonchev–Trinajstić information content (AvgIpc) is 3.14. The van der Waals surface area contributed by atoms with Crippen LogP contribution in [-0.2, 0) is 32.7 Å². The van der Waals surface area contributed by atoms with Crippen molar-refractivity contribution in [1.82, 2.24) is 0 Å². The first-order chi connectivity index (χ1) is 25.8. The van der Waals surface area contributed by atoms with Gasteiger partial charge in [-0.2, -0.15) is 0 Å². The highest BCUT2D eigenvalue weighted by Crippen LogP contribution is 2.43. The Kier molecular flexibility index (Phi) is 38.1. The summed E-state index contributed by atoms with van der Waals surface area (Å²) in [5, 5.41) is 0. The molecule has 10 heteroatoms. The quantitative estimate of drug-likeness (QED) is 0.0271. The molecule has 9 nitrogen and oxygen atoms in total. The number of hydrogen-bond donors (Lipinski definition) is 2. The van der Waals surface area contributed by atoms with Crippen molar-refractivity contribution in [3.8, 4) is 0 Å². The van der Waals surface area contributed by atoms with E-state index in [1.165, 1.54) is 103 Å². The summed E-state index contributed by atoms with van der Waals surface area (Å²) in [7, 11) is -4.39. The summed E-state index contributed by atoms with van der Waals surface area (Å²) in [5.41, 5.74) is 5.34. The van der Waals surface area contributed by atoms with Crippen LogP contribution in [0.3, 0.4) is 0 Å². The lowest BCUT2D eigenvalue weighted by Crippen LogP contribution is -2.29. The van der Waals surface area contributed by atoms with Crippen LogP contribution in [0.4, 0.5) is 0 Å². The Morgan fingerprint density at radius 1 is 0.566 bits per heavy atom. The summed E-state index contributed by atoms with van der Waals surface area (Å²) in [5.74, 6) is -0.892. The Hall–Kier alpha value is -2.03. The van der Waals surface area contributed by atoms with Gasteiger partial charge in [-0.05, 0) is 51.4 Å². The standard InChI is InChI=1S/C43H78NO8P/c1-3-5-7-9-11-13-15-17-19-20-22-24-26-28-30-32-34-36-43(46)52-41(40-51-53(47,48)50-38-37-44)39-49-42(45)35-33-31-29-27-25-23-21-18-16-14-12-10-8-6-4-2/h11,13,17,19,22,24,28,30,41H,3-10,12,14-16,18,20-21,23,25-27,29,31-40,44H2,1-2H3,(H,47,48)/b13-11-,19-17-,24-22+,30-28+/t41-/m1/s1. The Balaban J connectivity index is 4.26. The zero-order chi connectivity index (χ0) is 38.9. The lowest BCUT2D eigenvalue weighted by molar-refractivity contribution is -0.161. The van der Waals surface area contributed by atoms with E-state index in [1.807, 2.05) is 6.08 Å². The maximum atomic E-state index is 12.5. The lowest BCUT2D eigenvalue weighted by Gasteiger charge is -2.19. The van der Waals surface area contributed by atoms with Crippen LogP contribution in [0.1, 0.15) is 181 Å². The number of allylic oxidation sites excluding steroid dienone is 8. The molecule has 0 fully saturated rings. The Labute approximate surface area is 324 Å². The smallest absolute Gasteiger partial charge is 0.462 e. The molecular weight excluding hydrogens is 689 g/mol. The van der Waals surface area contributed by atoms with Gasteiger partial charge in [0.05, 0.1) is 13.2 Å². The molecule has 0 spiro atoms. The van der Waals surface area contributed by atoms with Crippen LogP contribution in [0.15, 0.2) is 48.6 Å². The number of hydrogen-bond acceptors (Lipinski definition) is 8. The van der Waals surface area contributed by atoms with Crippen molar-refractivity contribution in [1.29, 1.82) is 0 Å². The van der Waals surface area contributed by atoms with Crippen LogP contribution in [-0.4, -0.2) is 49.3 Å². The second-order valence-corrected chi connectivity index (χ2v) is 15.3. The predicted molar refractivity (Wildman–Crippen MR) is 220 cm³/mol. The van der Waals surface area contributed by atoms with Gasteiger partial charge >= 0.3 is 19.8 Å². The third-order valence-corrected chi connectivity index (χ3v) is 9.70. The van der Waals surface area contributed by atoms with Gasteiger partial charge in [-0.25, -0.2) is 4.57 Å². The number of nitrogens with two attached hydrogens (primary N) is 1. The first-order valence-electron chi connectivity index (χ1n) is 21.1. The van der Waals surface area contributed by atoms with Crippen LogP contribution in [0.5, 0.6) is 0 Å². The summed E-state index contributed by atoms with van der Waals surface area (Å²) < 4.78 is 32.7. The molecule has 0 aromatic heterocycles. The third-order valence-electron chi connectivity index (χ3n) is 8.72. The second-order valence-electron chi connectivity index (χ2n) is 13.9. The van der Waals surface area contributed by atoms with Gasteiger partial charge in [0.15, 0.2) is 6.10 Å². The minimum absolute atomic E-state index is 0.0443. The summed E-state index contributed by atoms with van der Waals surface area (Å²) in [6, 6.07) is 0. The molecule has 1 unspecified atom stereocenters. The monoisotopic (exact) mass is 768 g/mol. The molecular formula is C43H78NO8P. The fraction of sp³-hybridized carbons (Fsp3) is 0.767. The number of ether oxygens (including phenoxy) is 2. The van der Waals surface area contributed by atoms with Crippen LogP contribution in [0.2, 0.25) is 0 Å². The Morgan fingerprint density at radius 2 is 1.00 bits per heavy atom. The molecule has 0 bridgehead atoms. The highest BCUT2D eigenvalue weighted by molar-refractivity contribution is 7.47. The van der Waals surface area contributed by atoms with Crippen molar-refractivity contribution in [3.05, 3.63) is 48.6 Å². The maximum absolute atomic E-state index is 12.5. The van der Waals surface area contributed by atoms with E-state index in [9.17, 15) is 19.0 Å². The number of carbonyl (C=O) groups excluding carboxylic acids is 2. The van der Waals surface area contributed by atoms with Crippen LogP contribution < -0.4 is 5.73 Å². The summed E-state index contributed by atoms with van der Waals surface area (Å²) in [6.45, 7) is 3.64. The normalized spacial score (nSPS) is 13.8. The molecule has 0 amide bonds. The van der Waals surface area contributed by atoms with Gasteiger partial charge in [0.1, 0.15) is 6.61 Å². The molecule has 0 aliphatic carbocycles. The minimum Gasteiger partial charge on any atom is -0.462 e. The molecule has 308 valence electrons. The zero-order valence-electron chi connectivity index (χ0n) is 33.7. The van der Waals surface area contributed by atoms with Gasteiger partial charge < -0.3 is 20.1 Å². The predicted octanol–water partition coefficient (Wildman–Crippen LogP) is 11.9. The van der Waals surface area contributed by atoms with Crippen LogP contribution in [0.25, 0.3) is 0 Å². The van der Waals surface area contributed by atoms with Crippen molar-refractivity contribution in [2.45, 2.75) is 187 Å². The van der Waals surface area contributed by atoms with E-state index in [0.29, 0.717) is 12.8 Å². The first-order valence-corrected chi connectivity index (χ1v) is 22.6. The van der Waals surface area contributed by atoms with Gasteiger partial charge in [-0.3, -0.25) is 18.6 Å². The molecule has 0 saturated carbocycles. The molecule has 0 heterocycles. The Bertz CT molecular complexity index is 1010. The van der Waals surface area contributed by atoms with Gasteiger partial charge in [-0.15, -0.1) is 0 Å². The largest absolute Gasteiger partial charge is 0.472 e. The van der Waals surface area contributed by atoms with E-state index in [1.54, 1.807) is 0 Å². The first kappa shape index (κ1) is 51.0. The molecule has 0 aromatic rings. The van der Waals surface area contributed by atoms with Gasteiger partial charge in [-0.1, -0.05) is 165 Å². The van der Waals surface area contributed by atoms with Gasteiger partial charge in [0.2, 0.25) is 0 Å². The molecule has 3 N–H and O–H groups in total. The minimum atomic E-state index is -4.39. The molecule has 0 aromatic carbocycles. The summed E-state index contributed by atoms with van der Waals surface area (Å²) >= 11 is 0. The molecule has 0 aliphatic rings. The number of phosphoric acid groups is 1. The molecule has 0 rings (SSSR count). The Morgan fingerprint density at radius 3 is 1.51 bits per heavy atom. The van der Waals surface area contributed by atoms with Crippen LogP contribution in [0, 0.1) is 0 Å². The summed E-state index contributed by atoms with van der Waals surface area (Å²) in [4.78, 5) is 34.8. The van der Waals surface area contributed by atoms with Crippen molar-refractivity contribution >= 4 is 19.8 Å². The maximum Gasteiger partial charge on any atom is 0.472 e. The molecule has 0 radical (unpaired) electrons. The summed E-state index contributed by atoms with van der Waals surface area (Å²) in [6.07, 6.45) is 44.3. The van der Waals surface area contributed by atoms with Gasteiger partial charge in [0, 0.05) is 19.4 Å². The van der Waals surface area contributed by atoms with E-state index in [-0.39, 0.29) is 32.6 Å².